The normalized spacial score (nSPS) is 12.6. The van der Waals surface area contributed by atoms with Crippen LogP contribution in [0.15, 0.2) is 164 Å². The lowest BCUT2D eigenvalue weighted by Gasteiger charge is -2.33. The summed E-state index contributed by atoms with van der Waals surface area (Å²) < 4.78 is 0. The third kappa shape index (κ3) is 9.21. The molecule has 8 rings (SSSR count). The molecule has 1 aliphatic rings. The van der Waals surface area contributed by atoms with Crippen molar-refractivity contribution >= 4 is 0 Å². The highest BCUT2D eigenvalue weighted by Crippen LogP contribution is 2.55. The zero-order valence-electron chi connectivity index (χ0n) is 35.4. The third-order valence-electron chi connectivity index (χ3n) is 12.9. The highest BCUT2D eigenvalue weighted by atomic mass is 14.7. The second kappa shape index (κ2) is 19.5. The van der Waals surface area contributed by atoms with Crippen LogP contribution in [0.1, 0.15) is 115 Å². The van der Waals surface area contributed by atoms with Crippen molar-refractivity contribution in [3.8, 4) is 66.9 Å². The Morgan fingerprint density at radius 2 is 0.797 bits per heavy atom. The second-order valence-electron chi connectivity index (χ2n) is 17.0. The van der Waals surface area contributed by atoms with Crippen molar-refractivity contribution < 1.29 is 0 Å². The molecule has 0 N–H and O–H groups in total. The Bertz CT molecular complexity index is 2400. The second-order valence-corrected chi connectivity index (χ2v) is 17.0. The van der Waals surface area contributed by atoms with Gasteiger partial charge in [0.1, 0.15) is 0 Å². The predicted molar refractivity (Wildman–Crippen MR) is 254 cm³/mol. The Morgan fingerprint density at radius 1 is 0.339 bits per heavy atom. The number of nitrogens with zero attached hydrogens (tertiary/aromatic N) is 1. The Labute approximate surface area is 354 Å². The number of benzene rings is 6. The molecule has 6 aromatic carbocycles. The topological polar surface area (TPSA) is 12.9 Å². The summed E-state index contributed by atoms with van der Waals surface area (Å²) in [5.41, 5.74) is 18.0. The van der Waals surface area contributed by atoms with Gasteiger partial charge in [-0.1, -0.05) is 218 Å². The minimum atomic E-state index is 0.0693. The largest absolute Gasteiger partial charge is 0.256 e. The SMILES string of the molecule is CCCCCCCCC1(CCCCCCCC)c2ccccc2-c2ccc(-c3ccc(-c4cccc(-c5cccc(-c6cccc(-c7ccccc7)c6)c5)c4)cn3)cc21. The van der Waals surface area contributed by atoms with E-state index in [9.17, 15) is 0 Å². The molecule has 298 valence electrons. The number of hydrogen-bond acceptors (Lipinski definition) is 1. The molecule has 0 spiro atoms. The minimum absolute atomic E-state index is 0.0693. The molecule has 0 aliphatic heterocycles. The van der Waals surface area contributed by atoms with Crippen LogP contribution in [-0.2, 0) is 5.41 Å². The van der Waals surface area contributed by atoms with Gasteiger partial charge in [-0.2, -0.15) is 0 Å². The first-order chi connectivity index (χ1) is 29.2. The summed E-state index contributed by atoms with van der Waals surface area (Å²) >= 11 is 0. The number of aromatic nitrogens is 1. The van der Waals surface area contributed by atoms with Crippen molar-refractivity contribution in [3.63, 3.8) is 0 Å². The molecule has 7 aromatic rings. The molecule has 0 fully saturated rings. The molecule has 0 saturated heterocycles. The molecular weight excluding hydrogens is 711 g/mol. The van der Waals surface area contributed by atoms with E-state index in [1.165, 1.54) is 151 Å². The van der Waals surface area contributed by atoms with Gasteiger partial charge in [0.2, 0.25) is 0 Å². The first-order valence-electron chi connectivity index (χ1n) is 22.7. The smallest absolute Gasteiger partial charge is 0.0702 e. The maximum Gasteiger partial charge on any atom is 0.0702 e. The summed E-state index contributed by atoms with van der Waals surface area (Å²) in [5.74, 6) is 0. The van der Waals surface area contributed by atoms with Gasteiger partial charge < -0.3 is 0 Å². The Hall–Kier alpha value is -5.53. The van der Waals surface area contributed by atoms with Crippen molar-refractivity contribution in [2.24, 2.45) is 0 Å². The summed E-state index contributed by atoms with van der Waals surface area (Å²) in [5, 5.41) is 0. The van der Waals surface area contributed by atoms with Crippen LogP contribution in [0.3, 0.4) is 0 Å². The van der Waals surface area contributed by atoms with E-state index in [4.69, 9.17) is 4.98 Å². The molecular formula is C58H61N. The van der Waals surface area contributed by atoms with E-state index < -0.39 is 0 Å². The van der Waals surface area contributed by atoms with Crippen molar-refractivity contribution in [1.29, 1.82) is 0 Å². The molecule has 1 heterocycles. The summed E-state index contributed by atoms with van der Waals surface area (Å²) in [7, 11) is 0. The fourth-order valence-electron chi connectivity index (χ4n) is 9.69. The number of fused-ring (bicyclic) bond motifs is 3. The van der Waals surface area contributed by atoms with Gasteiger partial charge in [0, 0.05) is 22.7 Å². The maximum absolute atomic E-state index is 5.14. The van der Waals surface area contributed by atoms with E-state index in [1.54, 1.807) is 5.56 Å². The summed E-state index contributed by atoms with van der Waals surface area (Å²) in [6.45, 7) is 4.63. The van der Waals surface area contributed by atoms with Crippen molar-refractivity contribution in [2.75, 3.05) is 0 Å². The maximum atomic E-state index is 5.14. The molecule has 59 heavy (non-hydrogen) atoms. The van der Waals surface area contributed by atoms with Crippen LogP contribution in [0, 0.1) is 0 Å². The Morgan fingerprint density at radius 3 is 1.36 bits per heavy atom. The molecule has 1 heteroatoms. The Kier molecular flexibility index (Phi) is 13.3. The summed E-state index contributed by atoms with van der Waals surface area (Å²) in [6.07, 6.45) is 20.5. The first kappa shape index (κ1) is 40.3. The van der Waals surface area contributed by atoms with Crippen LogP contribution in [0.25, 0.3) is 66.9 Å². The zero-order valence-corrected chi connectivity index (χ0v) is 35.4. The van der Waals surface area contributed by atoms with Crippen LogP contribution in [-0.4, -0.2) is 4.98 Å². The monoisotopic (exact) mass is 771 g/mol. The molecule has 0 radical (unpaired) electrons. The molecule has 1 aromatic heterocycles. The molecule has 0 unspecified atom stereocenters. The minimum Gasteiger partial charge on any atom is -0.256 e. The fourth-order valence-corrected chi connectivity index (χ4v) is 9.69. The average Bonchev–Trinajstić information content (AvgIpc) is 3.57. The quantitative estimate of drug-likeness (QED) is 0.0746. The van der Waals surface area contributed by atoms with Crippen molar-refractivity contribution in [3.05, 3.63) is 175 Å². The Balaban J connectivity index is 1.05. The highest BCUT2D eigenvalue weighted by Gasteiger charge is 2.42. The van der Waals surface area contributed by atoms with E-state index in [0.717, 1.165) is 11.3 Å². The summed E-state index contributed by atoms with van der Waals surface area (Å²) in [4.78, 5) is 5.14. The van der Waals surface area contributed by atoms with Gasteiger partial charge >= 0.3 is 0 Å². The fraction of sp³-hybridized carbons (Fsp3) is 0.293. The standard InChI is InChI=1S/C58H61N/c1-3-5-7-9-11-18-37-58(38-19-12-10-8-6-4-2)55-32-17-16-31-53(55)54-35-33-51(42-56(54)58)57-36-34-52(43-59-57)50-30-22-29-49(41-50)48-28-21-27-47(40-48)46-26-20-25-45(39-46)44-23-14-13-15-24-44/h13-17,20-36,39-43H,3-12,18-19,37-38H2,1-2H3. The van der Waals surface area contributed by atoms with Gasteiger partial charge in [0.15, 0.2) is 0 Å². The van der Waals surface area contributed by atoms with Crippen LogP contribution in [0.5, 0.6) is 0 Å². The van der Waals surface area contributed by atoms with Crippen LogP contribution in [0.2, 0.25) is 0 Å². The van der Waals surface area contributed by atoms with E-state index >= 15 is 0 Å². The number of hydrogen-bond donors (Lipinski definition) is 0. The van der Waals surface area contributed by atoms with E-state index in [-0.39, 0.29) is 5.41 Å². The first-order valence-corrected chi connectivity index (χ1v) is 22.7. The van der Waals surface area contributed by atoms with Gasteiger partial charge in [-0.3, -0.25) is 4.98 Å². The van der Waals surface area contributed by atoms with Crippen molar-refractivity contribution in [1.82, 2.24) is 4.98 Å². The zero-order chi connectivity index (χ0) is 40.3. The number of unbranched alkanes of at least 4 members (excludes halogenated alkanes) is 10. The van der Waals surface area contributed by atoms with E-state index in [0.29, 0.717) is 0 Å². The number of pyridine rings is 1. The lowest BCUT2D eigenvalue weighted by atomic mass is 9.70. The van der Waals surface area contributed by atoms with Crippen LogP contribution >= 0.6 is 0 Å². The van der Waals surface area contributed by atoms with Crippen molar-refractivity contribution in [2.45, 2.75) is 109 Å². The van der Waals surface area contributed by atoms with Gasteiger partial charge in [-0.15, -0.1) is 0 Å². The molecule has 1 aliphatic carbocycles. The van der Waals surface area contributed by atoms with Gasteiger partial charge in [-0.05, 0) is 104 Å². The molecule has 0 amide bonds. The van der Waals surface area contributed by atoms with Crippen LogP contribution < -0.4 is 0 Å². The summed E-state index contributed by atoms with van der Waals surface area (Å²) in [6, 6.07) is 58.4. The lowest BCUT2D eigenvalue weighted by molar-refractivity contribution is 0.398. The molecule has 0 atom stereocenters. The molecule has 0 saturated carbocycles. The lowest BCUT2D eigenvalue weighted by Crippen LogP contribution is -2.25. The van der Waals surface area contributed by atoms with Gasteiger partial charge in [-0.25, -0.2) is 0 Å². The predicted octanol–water partition coefficient (Wildman–Crippen LogP) is 17.2. The molecule has 0 bridgehead atoms. The average molecular weight is 772 g/mol. The number of rotatable bonds is 19. The van der Waals surface area contributed by atoms with E-state index in [2.05, 4.69) is 178 Å². The highest BCUT2D eigenvalue weighted by molar-refractivity contribution is 5.84. The van der Waals surface area contributed by atoms with Crippen LogP contribution in [0.4, 0.5) is 0 Å². The van der Waals surface area contributed by atoms with E-state index in [1.807, 2.05) is 0 Å². The molecule has 1 nitrogen and oxygen atoms in total. The van der Waals surface area contributed by atoms with Gasteiger partial charge in [0.05, 0.1) is 5.69 Å². The third-order valence-corrected chi connectivity index (χ3v) is 12.9. The van der Waals surface area contributed by atoms with Gasteiger partial charge in [0.25, 0.3) is 0 Å².